The highest BCUT2D eigenvalue weighted by molar-refractivity contribution is 6.07. The normalized spacial score (nSPS) is 10.2. The number of nitrogens with zero attached hydrogens (tertiary/aromatic N) is 3. The number of anilines is 4. The van der Waals surface area contributed by atoms with Gasteiger partial charge in [0.15, 0.2) is 0 Å². The summed E-state index contributed by atoms with van der Waals surface area (Å²) < 4.78 is 0. The Bertz CT molecular complexity index is 979. The van der Waals surface area contributed by atoms with Crippen LogP contribution < -0.4 is 21.3 Å². The average molecular weight is 390 g/mol. The van der Waals surface area contributed by atoms with Crippen molar-refractivity contribution in [3.05, 3.63) is 72.6 Å². The number of amides is 2. The van der Waals surface area contributed by atoms with Crippen molar-refractivity contribution in [3.63, 3.8) is 0 Å². The number of hydrogen-bond acceptors (Lipinski definition) is 6. The van der Waals surface area contributed by atoms with E-state index in [9.17, 15) is 9.59 Å². The second-order valence-electron chi connectivity index (χ2n) is 6.21. The highest BCUT2D eigenvalue weighted by Gasteiger charge is 2.20. The average Bonchev–Trinajstić information content (AvgIpc) is 2.75. The van der Waals surface area contributed by atoms with Gasteiger partial charge in [0.05, 0.1) is 11.4 Å². The molecule has 0 spiro atoms. The van der Waals surface area contributed by atoms with E-state index in [-0.39, 0.29) is 24.8 Å². The van der Waals surface area contributed by atoms with Crippen molar-refractivity contribution in [3.8, 4) is 0 Å². The molecule has 148 valence electrons. The third-order valence-corrected chi connectivity index (χ3v) is 4.23. The van der Waals surface area contributed by atoms with Crippen LogP contribution in [-0.2, 0) is 4.79 Å². The second-order valence-corrected chi connectivity index (χ2v) is 6.21. The lowest BCUT2D eigenvalue weighted by atomic mass is 10.1. The maximum absolute atomic E-state index is 13.1. The molecule has 0 saturated heterocycles. The van der Waals surface area contributed by atoms with Gasteiger partial charge in [-0.15, -0.1) is 0 Å². The fraction of sp³-hybridized carbons (Fsp3) is 0.143. The van der Waals surface area contributed by atoms with Gasteiger partial charge in [0.1, 0.15) is 11.6 Å². The zero-order chi connectivity index (χ0) is 20.6. The number of aromatic nitrogens is 2. The maximum atomic E-state index is 13.1. The van der Waals surface area contributed by atoms with Crippen molar-refractivity contribution in [2.75, 3.05) is 34.9 Å². The first-order valence-corrected chi connectivity index (χ1v) is 9.09. The third kappa shape index (κ3) is 5.07. The summed E-state index contributed by atoms with van der Waals surface area (Å²) in [7, 11) is 1.76. The summed E-state index contributed by atoms with van der Waals surface area (Å²) in [5.74, 6) is 0.384. The molecule has 8 nitrogen and oxygen atoms in total. The van der Waals surface area contributed by atoms with E-state index >= 15 is 0 Å². The number of nitrogen functional groups attached to an aromatic ring is 1. The first kappa shape index (κ1) is 19.8. The monoisotopic (exact) mass is 390 g/mol. The molecule has 2 heterocycles. The van der Waals surface area contributed by atoms with Crippen molar-refractivity contribution in [2.45, 2.75) is 6.42 Å². The summed E-state index contributed by atoms with van der Waals surface area (Å²) in [5, 5.41) is 5.68. The number of nitrogens with two attached hydrogens (primary N) is 1. The Kier molecular flexibility index (Phi) is 6.36. The number of carbonyl (C=O) groups is 2. The largest absolute Gasteiger partial charge is 0.397 e. The number of rotatable bonds is 7. The maximum Gasteiger partial charge on any atom is 0.259 e. The molecule has 0 saturated carbocycles. The molecule has 0 fully saturated rings. The Balaban J connectivity index is 1.77. The van der Waals surface area contributed by atoms with E-state index < -0.39 is 0 Å². The molecule has 4 N–H and O–H groups in total. The summed E-state index contributed by atoms with van der Waals surface area (Å²) in [5.41, 5.74) is 7.61. The van der Waals surface area contributed by atoms with E-state index in [1.165, 1.54) is 4.90 Å². The van der Waals surface area contributed by atoms with Gasteiger partial charge < -0.3 is 16.4 Å². The van der Waals surface area contributed by atoms with Gasteiger partial charge in [0, 0.05) is 38.0 Å². The molecule has 0 aliphatic rings. The molecule has 3 aromatic rings. The smallest absolute Gasteiger partial charge is 0.259 e. The van der Waals surface area contributed by atoms with Crippen molar-refractivity contribution in [2.24, 2.45) is 0 Å². The topological polar surface area (TPSA) is 113 Å². The molecule has 0 aliphatic carbocycles. The van der Waals surface area contributed by atoms with Crippen molar-refractivity contribution < 1.29 is 9.59 Å². The minimum atomic E-state index is -0.288. The van der Waals surface area contributed by atoms with E-state index in [1.807, 2.05) is 0 Å². The van der Waals surface area contributed by atoms with Crippen LogP contribution in [0.2, 0.25) is 0 Å². The first-order valence-electron chi connectivity index (χ1n) is 9.09. The number of pyridine rings is 2. The van der Waals surface area contributed by atoms with E-state index in [1.54, 1.807) is 74.0 Å². The molecule has 0 atom stereocenters. The summed E-state index contributed by atoms with van der Waals surface area (Å²) in [6.45, 7) is 0.155. The standard InChI is InChI=1S/C21H22N6O2/c1-23-17-9-8-15(14-16(17)22)21(29)27(19-7-3-5-12-25-19)13-10-20(28)26-18-6-2-4-11-24-18/h2-9,11-12,14,23H,10,13,22H2,1H3,(H,24,26,28). The summed E-state index contributed by atoms with van der Waals surface area (Å²) >= 11 is 0. The van der Waals surface area contributed by atoms with Gasteiger partial charge in [0.2, 0.25) is 5.91 Å². The molecule has 2 aromatic heterocycles. The summed E-state index contributed by atoms with van der Waals surface area (Å²) in [6.07, 6.45) is 3.28. The SMILES string of the molecule is CNc1ccc(C(=O)N(CCC(=O)Nc2ccccn2)c2ccccn2)cc1N. The lowest BCUT2D eigenvalue weighted by molar-refractivity contribution is -0.116. The molecular weight excluding hydrogens is 368 g/mol. The molecule has 3 rings (SSSR count). The molecule has 8 heteroatoms. The van der Waals surface area contributed by atoms with Gasteiger partial charge in [-0.3, -0.25) is 14.5 Å². The highest BCUT2D eigenvalue weighted by Crippen LogP contribution is 2.22. The van der Waals surface area contributed by atoms with Gasteiger partial charge in [-0.2, -0.15) is 0 Å². The first-order chi connectivity index (χ1) is 14.1. The fourth-order valence-corrected chi connectivity index (χ4v) is 2.77. The molecule has 2 amide bonds. The Morgan fingerprint density at radius 2 is 1.79 bits per heavy atom. The molecule has 0 unspecified atom stereocenters. The molecular formula is C21H22N6O2. The molecule has 0 bridgehead atoms. The quantitative estimate of drug-likeness (QED) is 0.535. The van der Waals surface area contributed by atoms with Crippen LogP contribution in [0.3, 0.4) is 0 Å². The van der Waals surface area contributed by atoms with Gasteiger partial charge >= 0.3 is 0 Å². The van der Waals surface area contributed by atoms with Crippen LogP contribution in [0.15, 0.2) is 67.0 Å². The summed E-state index contributed by atoms with van der Waals surface area (Å²) in [4.78, 5) is 35.2. The Hall–Kier alpha value is -3.94. The molecule has 1 aromatic carbocycles. The lowest BCUT2D eigenvalue weighted by Gasteiger charge is -2.22. The van der Waals surface area contributed by atoms with Crippen molar-refractivity contribution in [1.29, 1.82) is 0 Å². The van der Waals surface area contributed by atoms with Crippen LogP contribution >= 0.6 is 0 Å². The van der Waals surface area contributed by atoms with E-state index in [2.05, 4.69) is 20.6 Å². The van der Waals surface area contributed by atoms with Crippen LogP contribution in [-0.4, -0.2) is 35.4 Å². The lowest BCUT2D eigenvalue weighted by Crippen LogP contribution is -2.34. The Morgan fingerprint density at radius 1 is 1.03 bits per heavy atom. The predicted octanol–water partition coefficient (Wildman–Crippen LogP) is 2.78. The number of benzene rings is 1. The van der Waals surface area contributed by atoms with E-state index in [4.69, 9.17) is 5.73 Å². The zero-order valence-electron chi connectivity index (χ0n) is 16.0. The number of nitrogens with one attached hydrogen (secondary N) is 2. The second kappa shape index (κ2) is 9.32. The number of hydrogen-bond donors (Lipinski definition) is 3. The van der Waals surface area contributed by atoms with Gasteiger partial charge in [0.25, 0.3) is 5.91 Å². The highest BCUT2D eigenvalue weighted by atomic mass is 16.2. The molecule has 29 heavy (non-hydrogen) atoms. The van der Waals surface area contributed by atoms with E-state index in [0.29, 0.717) is 22.9 Å². The minimum absolute atomic E-state index is 0.0863. The van der Waals surface area contributed by atoms with Crippen LogP contribution in [0.5, 0.6) is 0 Å². The van der Waals surface area contributed by atoms with Crippen LogP contribution in [0.25, 0.3) is 0 Å². The Labute approximate surface area is 168 Å². The molecule has 0 radical (unpaired) electrons. The van der Waals surface area contributed by atoms with Crippen LogP contribution in [0.1, 0.15) is 16.8 Å². The Morgan fingerprint density at radius 3 is 2.41 bits per heavy atom. The van der Waals surface area contributed by atoms with Gasteiger partial charge in [-0.05, 0) is 42.5 Å². The van der Waals surface area contributed by atoms with Crippen LogP contribution in [0.4, 0.5) is 23.0 Å². The van der Waals surface area contributed by atoms with Gasteiger partial charge in [-0.1, -0.05) is 12.1 Å². The zero-order valence-corrected chi connectivity index (χ0v) is 16.0. The minimum Gasteiger partial charge on any atom is -0.397 e. The fourth-order valence-electron chi connectivity index (χ4n) is 2.77. The number of carbonyl (C=O) groups excluding carboxylic acids is 2. The predicted molar refractivity (Wildman–Crippen MR) is 114 cm³/mol. The van der Waals surface area contributed by atoms with Gasteiger partial charge in [-0.25, -0.2) is 9.97 Å². The van der Waals surface area contributed by atoms with E-state index in [0.717, 1.165) is 5.69 Å². The third-order valence-electron chi connectivity index (χ3n) is 4.23. The van der Waals surface area contributed by atoms with Crippen molar-refractivity contribution >= 4 is 34.8 Å². The summed E-state index contributed by atoms with van der Waals surface area (Å²) in [6, 6.07) is 15.6. The van der Waals surface area contributed by atoms with Crippen LogP contribution in [0, 0.1) is 0 Å². The molecule has 0 aliphatic heterocycles. The van der Waals surface area contributed by atoms with Crippen molar-refractivity contribution in [1.82, 2.24) is 9.97 Å².